The molecule has 18 heavy (non-hydrogen) atoms. The van der Waals surface area contributed by atoms with Crippen molar-refractivity contribution in [3.05, 3.63) is 33.6 Å². The van der Waals surface area contributed by atoms with Crippen molar-refractivity contribution in [3.8, 4) is 11.5 Å². The van der Waals surface area contributed by atoms with E-state index < -0.39 is 0 Å². The van der Waals surface area contributed by atoms with Crippen LogP contribution in [0.5, 0.6) is 0 Å². The molecule has 96 valence electrons. The number of benzene rings is 1. The fourth-order valence-corrected chi connectivity index (χ4v) is 2.13. The Kier molecular flexibility index (Phi) is 4.74. The van der Waals surface area contributed by atoms with Gasteiger partial charge in [-0.25, -0.2) is 0 Å². The summed E-state index contributed by atoms with van der Waals surface area (Å²) in [5, 5.41) is 11.8. The lowest BCUT2D eigenvalue weighted by molar-refractivity contribution is 0.494. The summed E-state index contributed by atoms with van der Waals surface area (Å²) in [7, 11) is 1.92. The molecule has 0 unspecified atom stereocenters. The smallest absolute Gasteiger partial charge is 0.248 e. The van der Waals surface area contributed by atoms with Crippen LogP contribution >= 0.6 is 27.5 Å². The molecule has 0 spiro atoms. The van der Waals surface area contributed by atoms with Crippen molar-refractivity contribution < 1.29 is 4.42 Å². The van der Waals surface area contributed by atoms with Gasteiger partial charge in [-0.3, -0.25) is 0 Å². The van der Waals surface area contributed by atoms with Crippen LogP contribution in [0.25, 0.3) is 11.5 Å². The average Bonchev–Trinajstić information content (AvgIpc) is 2.81. The first kappa shape index (κ1) is 13.5. The fourth-order valence-electron chi connectivity index (χ4n) is 1.54. The molecular weight excluding hydrogens is 318 g/mol. The zero-order valence-electron chi connectivity index (χ0n) is 9.91. The zero-order chi connectivity index (χ0) is 13.0. The Morgan fingerprint density at radius 3 is 3.00 bits per heavy atom. The summed E-state index contributed by atoms with van der Waals surface area (Å²) in [6, 6.07) is 5.47. The lowest BCUT2D eigenvalue weighted by atomic mass is 10.2. The van der Waals surface area contributed by atoms with Crippen molar-refractivity contribution in [1.82, 2.24) is 15.5 Å². The summed E-state index contributed by atoms with van der Waals surface area (Å²) >= 11 is 9.40. The van der Waals surface area contributed by atoms with Gasteiger partial charge in [-0.1, -0.05) is 11.6 Å². The van der Waals surface area contributed by atoms with Gasteiger partial charge < -0.3 is 9.73 Å². The van der Waals surface area contributed by atoms with Crippen molar-refractivity contribution in [2.75, 3.05) is 13.6 Å². The number of hydrogen-bond acceptors (Lipinski definition) is 4. The first-order chi connectivity index (χ1) is 8.70. The van der Waals surface area contributed by atoms with Gasteiger partial charge in [0.05, 0.1) is 5.56 Å². The highest BCUT2D eigenvalue weighted by molar-refractivity contribution is 9.10. The Labute approximate surface area is 119 Å². The van der Waals surface area contributed by atoms with Crippen LogP contribution < -0.4 is 5.32 Å². The molecule has 0 saturated carbocycles. The van der Waals surface area contributed by atoms with Crippen LogP contribution in [0.4, 0.5) is 0 Å². The van der Waals surface area contributed by atoms with Crippen molar-refractivity contribution >= 4 is 27.5 Å². The van der Waals surface area contributed by atoms with Gasteiger partial charge in [-0.15, -0.1) is 10.2 Å². The molecular formula is C12H13BrClN3O. The number of nitrogens with zero attached hydrogens (tertiary/aromatic N) is 2. The lowest BCUT2D eigenvalue weighted by Gasteiger charge is -1.99. The van der Waals surface area contributed by atoms with Gasteiger partial charge in [0.2, 0.25) is 11.8 Å². The minimum Gasteiger partial charge on any atom is -0.421 e. The van der Waals surface area contributed by atoms with Crippen molar-refractivity contribution in [3.63, 3.8) is 0 Å². The van der Waals surface area contributed by atoms with Crippen LogP contribution in [0, 0.1) is 0 Å². The maximum absolute atomic E-state index is 5.96. The van der Waals surface area contributed by atoms with E-state index in [0.717, 1.165) is 29.4 Å². The van der Waals surface area contributed by atoms with Crippen molar-refractivity contribution in [2.24, 2.45) is 0 Å². The first-order valence-electron chi connectivity index (χ1n) is 5.63. The van der Waals surface area contributed by atoms with Crippen LogP contribution in [0.3, 0.4) is 0 Å². The summed E-state index contributed by atoms with van der Waals surface area (Å²) in [5.74, 6) is 1.14. The SMILES string of the molecule is CNCCCc1nnc(-c2cc(Cl)ccc2Br)o1. The molecule has 6 heteroatoms. The minimum absolute atomic E-state index is 0.490. The van der Waals surface area contributed by atoms with E-state index in [1.165, 1.54) is 0 Å². The van der Waals surface area contributed by atoms with Crippen LogP contribution in [0.1, 0.15) is 12.3 Å². The molecule has 0 bridgehead atoms. The van der Waals surface area contributed by atoms with E-state index >= 15 is 0 Å². The van der Waals surface area contributed by atoms with Crippen LogP contribution in [-0.2, 0) is 6.42 Å². The monoisotopic (exact) mass is 329 g/mol. The summed E-state index contributed by atoms with van der Waals surface area (Å²) in [4.78, 5) is 0. The maximum Gasteiger partial charge on any atom is 0.248 e. The van der Waals surface area contributed by atoms with Crippen molar-refractivity contribution in [2.45, 2.75) is 12.8 Å². The average molecular weight is 331 g/mol. The van der Waals surface area contributed by atoms with E-state index in [0.29, 0.717) is 16.8 Å². The third-order valence-electron chi connectivity index (χ3n) is 2.44. The Bertz CT molecular complexity index is 530. The highest BCUT2D eigenvalue weighted by atomic mass is 79.9. The molecule has 1 aromatic heterocycles. The number of hydrogen-bond donors (Lipinski definition) is 1. The Balaban J connectivity index is 2.16. The van der Waals surface area contributed by atoms with Crippen LogP contribution in [0.15, 0.2) is 27.1 Å². The lowest BCUT2D eigenvalue weighted by Crippen LogP contribution is -2.08. The maximum atomic E-state index is 5.96. The van der Waals surface area contributed by atoms with E-state index in [9.17, 15) is 0 Å². The molecule has 0 fully saturated rings. The van der Waals surface area contributed by atoms with Crippen LogP contribution in [0.2, 0.25) is 5.02 Å². The van der Waals surface area contributed by atoms with E-state index in [1.807, 2.05) is 13.1 Å². The quantitative estimate of drug-likeness (QED) is 0.855. The van der Waals surface area contributed by atoms with Gasteiger partial charge in [-0.05, 0) is 54.1 Å². The Morgan fingerprint density at radius 2 is 2.22 bits per heavy atom. The van der Waals surface area contributed by atoms with Crippen LogP contribution in [-0.4, -0.2) is 23.8 Å². The normalized spacial score (nSPS) is 10.8. The molecule has 2 aromatic rings. The molecule has 0 aliphatic rings. The molecule has 4 nitrogen and oxygen atoms in total. The third-order valence-corrected chi connectivity index (χ3v) is 3.37. The first-order valence-corrected chi connectivity index (χ1v) is 6.80. The summed E-state index contributed by atoms with van der Waals surface area (Å²) in [6.07, 6.45) is 1.74. The second-order valence-corrected chi connectivity index (χ2v) is 5.12. The number of rotatable bonds is 5. The molecule has 0 saturated heterocycles. The van der Waals surface area contributed by atoms with E-state index in [1.54, 1.807) is 12.1 Å². The minimum atomic E-state index is 0.490. The van der Waals surface area contributed by atoms with Gasteiger partial charge >= 0.3 is 0 Å². The molecule has 0 aliphatic carbocycles. The largest absolute Gasteiger partial charge is 0.421 e. The van der Waals surface area contributed by atoms with Gasteiger partial charge in [0, 0.05) is 15.9 Å². The van der Waals surface area contributed by atoms with Gasteiger partial charge in [0.25, 0.3) is 0 Å². The Hall–Kier alpha value is -0.910. The molecule has 0 aliphatic heterocycles. The molecule has 1 aromatic carbocycles. The van der Waals surface area contributed by atoms with E-state index in [-0.39, 0.29) is 0 Å². The predicted molar refractivity (Wildman–Crippen MR) is 74.7 cm³/mol. The van der Waals surface area contributed by atoms with Gasteiger partial charge in [0.1, 0.15) is 0 Å². The fraction of sp³-hybridized carbons (Fsp3) is 0.333. The predicted octanol–water partition coefficient (Wildman–Crippen LogP) is 3.30. The highest BCUT2D eigenvalue weighted by Gasteiger charge is 2.12. The van der Waals surface area contributed by atoms with E-state index in [2.05, 4.69) is 31.4 Å². The molecule has 1 N–H and O–H groups in total. The van der Waals surface area contributed by atoms with Gasteiger partial charge in [0.15, 0.2) is 0 Å². The molecule has 0 atom stereocenters. The van der Waals surface area contributed by atoms with Gasteiger partial charge in [-0.2, -0.15) is 0 Å². The number of nitrogens with one attached hydrogen (secondary N) is 1. The summed E-state index contributed by atoms with van der Waals surface area (Å²) in [6.45, 7) is 0.929. The molecule has 1 heterocycles. The van der Waals surface area contributed by atoms with Crippen molar-refractivity contribution in [1.29, 1.82) is 0 Å². The second-order valence-electron chi connectivity index (χ2n) is 3.83. The highest BCUT2D eigenvalue weighted by Crippen LogP contribution is 2.29. The molecule has 2 rings (SSSR count). The molecule has 0 radical (unpaired) electrons. The second kappa shape index (κ2) is 6.31. The number of halogens is 2. The Morgan fingerprint density at radius 1 is 1.39 bits per heavy atom. The summed E-state index contributed by atoms with van der Waals surface area (Å²) in [5.41, 5.74) is 0.815. The zero-order valence-corrected chi connectivity index (χ0v) is 12.3. The number of aryl methyl sites for hydroxylation is 1. The van der Waals surface area contributed by atoms with E-state index in [4.69, 9.17) is 16.0 Å². The third kappa shape index (κ3) is 3.31. The standard InChI is InChI=1S/C12H13BrClN3O/c1-15-6-2-3-11-16-17-12(18-11)9-7-8(14)4-5-10(9)13/h4-5,7,15H,2-3,6H2,1H3. The number of aromatic nitrogens is 2. The molecule has 0 amide bonds. The summed E-state index contributed by atoms with van der Waals surface area (Å²) < 4.78 is 6.50. The topological polar surface area (TPSA) is 51.0 Å².